The molecule has 2 aromatic rings. The van der Waals surface area contributed by atoms with Gasteiger partial charge in [0.1, 0.15) is 17.6 Å². The summed E-state index contributed by atoms with van der Waals surface area (Å²) in [5, 5.41) is 5.56. The van der Waals surface area contributed by atoms with Crippen LogP contribution in [-0.4, -0.2) is 24.5 Å². The maximum absolute atomic E-state index is 12.6. The van der Waals surface area contributed by atoms with E-state index in [4.69, 9.17) is 9.47 Å². The molecule has 1 aliphatic rings. The zero-order valence-electron chi connectivity index (χ0n) is 15.1. The predicted molar refractivity (Wildman–Crippen MR) is 100 cm³/mol. The van der Waals surface area contributed by atoms with Crippen LogP contribution < -0.4 is 20.1 Å². The van der Waals surface area contributed by atoms with Gasteiger partial charge in [0.2, 0.25) is 5.91 Å². The number of anilines is 2. The minimum atomic E-state index is -0.258. The average molecular weight is 354 g/mol. The van der Waals surface area contributed by atoms with Gasteiger partial charge in [0, 0.05) is 36.2 Å². The van der Waals surface area contributed by atoms with Gasteiger partial charge < -0.3 is 20.1 Å². The fraction of sp³-hybridized carbons (Fsp3) is 0.300. The summed E-state index contributed by atoms with van der Waals surface area (Å²) in [4.78, 5) is 23.6. The molecule has 0 saturated carbocycles. The second-order valence-corrected chi connectivity index (χ2v) is 6.23. The molecular formula is C20H22N2O4. The Balaban J connectivity index is 1.80. The highest BCUT2D eigenvalue weighted by Crippen LogP contribution is 2.38. The molecule has 0 bridgehead atoms. The molecule has 2 amide bonds. The lowest BCUT2D eigenvalue weighted by Crippen LogP contribution is -2.13. The van der Waals surface area contributed by atoms with Gasteiger partial charge in [-0.2, -0.15) is 0 Å². The van der Waals surface area contributed by atoms with Gasteiger partial charge in [0.25, 0.3) is 5.91 Å². The molecule has 0 aromatic heterocycles. The van der Waals surface area contributed by atoms with Gasteiger partial charge in [-0.1, -0.05) is 0 Å². The summed E-state index contributed by atoms with van der Waals surface area (Å²) in [6.07, 6.45) is 0.945. The molecule has 0 saturated heterocycles. The van der Waals surface area contributed by atoms with Crippen molar-refractivity contribution in [1.82, 2.24) is 0 Å². The summed E-state index contributed by atoms with van der Waals surface area (Å²) in [7, 11) is 0. The predicted octanol–water partition coefficient (Wildman–Crippen LogP) is 3.62. The molecule has 1 heterocycles. The Hall–Kier alpha value is -3.02. The summed E-state index contributed by atoms with van der Waals surface area (Å²) >= 11 is 0. The van der Waals surface area contributed by atoms with Crippen LogP contribution in [0, 0.1) is 0 Å². The van der Waals surface area contributed by atoms with Crippen LogP contribution in [0.15, 0.2) is 36.4 Å². The number of carbonyl (C=O) groups is 2. The first-order valence-corrected chi connectivity index (χ1v) is 8.61. The van der Waals surface area contributed by atoms with Crippen molar-refractivity contribution < 1.29 is 19.1 Å². The van der Waals surface area contributed by atoms with Crippen molar-refractivity contribution in [3.8, 4) is 11.5 Å². The number of amides is 2. The number of carbonyl (C=O) groups excluding carboxylic acids is 2. The van der Waals surface area contributed by atoms with Crippen molar-refractivity contribution >= 4 is 23.2 Å². The molecular weight excluding hydrogens is 332 g/mol. The van der Waals surface area contributed by atoms with Crippen molar-refractivity contribution in [3.63, 3.8) is 0 Å². The minimum absolute atomic E-state index is 0.117. The Morgan fingerprint density at radius 3 is 2.58 bits per heavy atom. The molecule has 2 N–H and O–H groups in total. The molecule has 6 heteroatoms. The average Bonchev–Trinajstić information content (AvgIpc) is 2.94. The van der Waals surface area contributed by atoms with Crippen LogP contribution in [-0.2, 0) is 11.2 Å². The Bertz CT molecular complexity index is 830. The van der Waals surface area contributed by atoms with E-state index in [0.29, 0.717) is 29.3 Å². The van der Waals surface area contributed by atoms with Crippen LogP contribution >= 0.6 is 0 Å². The topological polar surface area (TPSA) is 76.7 Å². The van der Waals surface area contributed by atoms with Crippen molar-refractivity contribution in [3.05, 3.63) is 47.5 Å². The minimum Gasteiger partial charge on any atom is -0.492 e. The van der Waals surface area contributed by atoms with Crippen LogP contribution in [0.2, 0.25) is 0 Å². The monoisotopic (exact) mass is 354 g/mol. The maximum atomic E-state index is 12.6. The van der Waals surface area contributed by atoms with E-state index in [9.17, 15) is 9.59 Å². The first-order chi connectivity index (χ1) is 12.5. The first kappa shape index (κ1) is 17.8. The highest BCUT2D eigenvalue weighted by atomic mass is 16.5. The largest absolute Gasteiger partial charge is 0.492 e. The summed E-state index contributed by atoms with van der Waals surface area (Å²) in [5.41, 5.74) is 2.79. The van der Waals surface area contributed by atoms with Crippen molar-refractivity contribution in [2.45, 2.75) is 33.3 Å². The standard InChI is InChI=1S/C20H22N2O4/c1-4-25-19-10-15-9-12(2)26-18(15)11-17(19)22-20(24)14-5-7-16(8-6-14)21-13(3)23/h5-8,10-12H,4,9H2,1-3H3,(H,21,23)(H,22,24). The molecule has 0 radical (unpaired) electrons. The molecule has 3 rings (SSSR count). The first-order valence-electron chi connectivity index (χ1n) is 8.61. The Kier molecular flexibility index (Phi) is 5.11. The summed E-state index contributed by atoms with van der Waals surface area (Å²) < 4.78 is 11.5. The highest BCUT2D eigenvalue weighted by Gasteiger charge is 2.22. The quantitative estimate of drug-likeness (QED) is 0.860. The van der Waals surface area contributed by atoms with E-state index >= 15 is 0 Å². The SMILES string of the molecule is CCOc1cc2c(cc1NC(=O)c1ccc(NC(C)=O)cc1)OC(C)C2. The van der Waals surface area contributed by atoms with Gasteiger partial charge >= 0.3 is 0 Å². The molecule has 0 aliphatic carbocycles. The molecule has 6 nitrogen and oxygen atoms in total. The molecule has 0 spiro atoms. The molecule has 136 valence electrons. The summed E-state index contributed by atoms with van der Waals surface area (Å²) in [6.45, 7) is 5.85. The van der Waals surface area contributed by atoms with Crippen molar-refractivity contribution in [2.24, 2.45) is 0 Å². The maximum Gasteiger partial charge on any atom is 0.255 e. The normalized spacial score (nSPS) is 15.0. The van der Waals surface area contributed by atoms with Crippen LogP contribution in [0.1, 0.15) is 36.7 Å². The van der Waals surface area contributed by atoms with Crippen LogP contribution in [0.3, 0.4) is 0 Å². The van der Waals surface area contributed by atoms with E-state index < -0.39 is 0 Å². The molecule has 1 aliphatic heterocycles. The number of benzene rings is 2. The van der Waals surface area contributed by atoms with Gasteiger partial charge in [0.05, 0.1) is 12.3 Å². The number of hydrogen-bond donors (Lipinski definition) is 2. The van der Waals surface area contributed by atoms with Crippen LogP contribution in [0.4, 0.5) is 11.4 Å². The highest BCUT2D eigenvalue weighted by molar-refractivity contribution is 6.05. The van der Waals surface area contributed by atoms with Gasteiger partial charge in [-0.15, -0.1) is 0 Å². The Morgan fingerprint density at radius 2 is 1.92 bits per heavy atom. The third kappa shape index (κ3) is 3.96. The van der Waals surface area contributed by atoms with Crippen LogP contribution in [0.25, 0.3) is 0 Å². The van der Waals surface area contributed by atoms with E-state index in [2.05, 4.69) is 10.6 Å². The third-order valence-electron chi connectivity index (χ3n) is 4.01. The number of hydrogen-bond acceptors (Lipinski definition) is 4. The lowest BCUT2D eigenvalue weighted by molar-refractivity contribution is -0.114. The number of ether oxygens (including phenoxy) is 2. The van der Waals surface area contributed by atoms with E-state index in [1.165, 1.54) is 6.92 Å². The second kappa shape index (κ2) is 7.47. The fourth-order valence-corrected chi connectivity index (χ4v) is 2.91. The van der Waals surface area contributed by atoms with Crippen molar-refractivity contribution in [1.29, 1.82) is 0 Å². The number of fused-ring (bicyclic) bond motifs is 1. The second-order valence-electron chi connectivity index (χ2n) is 6.23. The number of nitrogens with one attached hydrogen (secondary N) is 2. The van der Waals surface area contributed by atoms with E-state index in [1.807, 2.05) is 26.0 Å². The lowest BCUT2D eigenvalue weighted by Gasteiger charge is -2.14. The smallest absolute Gasteiger partial charge is 0.255 e. The molecule has 0 fully saturated rings. The number of rotatable bonds is 5. The summed E-state index contributed by atoms with van der Waals surface area (Å²) in [5.74, 6) is 0.992. The Morgan fingerprint density at radius 1 is 1.19 bits per heavy atom. The Labute approximate surface area is 152 Å². The van der Waals surface area contributed by atoms with Gasteiger partial charge in [-0.25, -0.2) is 0 Å². The van der Waals surface area contributed by atoms with Crippen LogP contribution in [0.5, 0.6) is 11.5 Å². The zero-order chi connectivity index (χ0) is 18.7. The zero-order valence-corrected chi connectivity index (χ0v) is 15.1. The molecule has 26 heavy (non-hydrogen) atoms. The molecule has 2 aromatic carbocycles. The van der Waals surface area contributed by atoms with Gasteiger partial charge in [-0.3, -0.25) is 9.59 Å². The lowest BCUT2D eigenvalue weighted by atomic mass is 10.1. The van der Waals surface area contributed by atoms with E-state index in [1.54, 1.807) is 24.3 Å². The van der Waals surface area contributed by atoms with E-state index in [0.717, 1.165) is 17.7 Å². The van der Waals surface area contributed by atoms with Crippen molar-refractivity contribution in [2.75, 3.05) is 17.2 Å². The van der Waals surface area contributed by atoms with Gasteiger partial charge in [0.15, 0.2) is 0 Å². The molecule has 1 atom stereocenters. The third-order valence-corrected chi connectivity index (χ3v) is 4.01. The van der Waals surface area contributed by atoms with E-state index in [-0.39, 0.29) is 17.9 Å². The fourth-order valence-electron chi connectivity index (χ4n) is 2.91. The molecule has 1 unspecified atom stereocenters. The van der Waals surface area contributed by atoms with Gasteiger partial charge in [-0.05, 0) is 44.2 Å². The summed E-state index contributed by atoms with van der Waals surface area (Å²) in [6, 6.07) is 10.4.